The quantitative estimate of drug-likeness (QED) is 0.872. The van der Waals surface area contributed by atoms with Gasteiger partial charge in [-0.15, -0.1) is 5.10 Å². The summed E-state index contributed by atoms with van der Waals surface area (Å²) in [5, 5.41) is 12.0. The van der Waals surface area contributed by atoms with Crippen LogP contribution in [0.1, 0.15) is 26.0 Å². The molecule has 0 atom stereocenters. The average Bonchev–Trinajstić information content (AvgIpc) is 2.68. The Bertz CT molecular complexity index is 358. The van der Waals surface area contributed by atoms with Gasteiger partial charge in [-0.05, 0) is 31.0 Å². The van der Waals surface area contributed by atoms with Crippen LogP contribution in [0.2, 0.25) is 0 Å². The van der Waals surface area contributed by atoms with Crippen LogP contribution < -0.4 is 10.2 Å². The van der Waals surface area contributed by atoms with Crippen molar-refractivity contribution < 1.29 is 4.74 Å². The number of nitrogens with zero attached hydrogens (tertiary/aromatic N) is 3. The molecule has 0 spiro atoms. The van der Waals surface area contributed by atoms with Gasteiger partial charge in [-0.3, -0.25) is 0 Å². The minimum absolute atomic E-state index is 0.657. The minimum atomic E-state index is 0.657. The number of rotatable bonds is 5. The molecule has 0 aromatic carbocycles. The molecule has 1 aromatic heterocycles. The van der Waals surface area contributed by atoms with E-state index in [0.717, 1.165) is 57.3 Å². The third kappa shape index (κ3) is 4.76. The van der Waals surface area contributed by atoms with E-state index in [4.69, 9.17) is 4.74 Å². The zero-order valence-corrected chi connectivity index (χ0v) is 11.9. The fourth-order valence-corrected chi connectivity index (χ4v) is 2.08. The summed E-state index contributed by atoms with van der Waals surface area (Å²) in [5.41, 5.74) is 0.996. The fraction of sp³-hybridized carbons (Fsp3) is 0.714. The summed E-state index contributed by atoms with van der Waals surface area (Å²) >= 11 is 0. The van der Waals surface area contributed by atoms with Gasteiger partial charge >= 0.3 is 0 Å². The second-order valence-corrected chi connectivity index (χ2v) is 5.36. The molecule has 2 heterocycles. The van der Waals surface area contributed by atoms with Crippen molar-refractivity contribution in [3.8, 4) is 0 Å². The molecule has 1 aliphatic heterocycles. The first kappa shape index (κ1) is 14.2. The van der Waals surface area contributed by atoms with Gasteiger partial charge in [0.25, 0.3) is 0 Å². The van der Waals surface area contributed by atoms with Crippen molar-refractivity contribution in [2.24, 2.45) is 5.92 Å². The predicted molar refractivity (Wildman–Crippen MR) is 76.2 cm³/mol. The van der Waals surface area contributed by atoms with Crippen LogP contribution in [0.4, 0.5) is 5.82 Å². The molecule has 1 saturated heterocycles. The molecule has 106 valence electrons. The van der Waals surface area contributed by atoms with Crippen LogP contribution in [0.15, 0.2) is 12.1 Å². The lowest BCUT2D eigenvalue weighted by molar-refractivity contribution is 0.152. The molecular formula is C14H24N4O. The molecule has 1 aliphatic rings. The molecular weight excluding hydrogens is 240 g/mol. The Morgan fingerprint density at radius 2 is 2.16 bits per heavy atom. The van der Waals surface area contributed by atoms with Crippen LogP contribution >= 0.6 is 0 Å². The fourth-order valence-electron chi connectivity index (χ4n) is 2.08. The second-order valence-electron chi connectivity index (χ2n) is 5.36. The highest BCUT2D eigenvalue weighted by molar-refractivity contribution is 5.37. The van der Waals surface area contributed by atoms with Gasteiger partial charge in [0.2, 0.25) is 0 Å². The molecule has 0 radical (unpaired) electrons. The van der Waals surface area contributed by atoms with Gasteiger partial charge in [-0.25, -0.2) is 0 Å². The zero-order valence-electron chi connectivity index (χ0n) is 11.9. The number of hydrogen-bond donors (Lipinski definition) is 1. The lowest BCUT2D eigenvalue weighted by Crippen LogP contribution is -2.27. The first-order chi connectivity index (χ1) is 9.25. The topological polar surface area (TPSA) is 50.3 Å². The van der Waals surface area contributed by atoms with E-state index in [2.05, 4.69) is 46.4 Å². The summed E-state index contributed by atoms with van der Waals surface area (Å²) in [6.45, 7) is 9.72. The van der Waals surface area contributed by atoms with Crippen molar-refractivity contribution in [3.63, 3.8) is 0 Å². The molecule has 0 saturated carbocycles. The first-order valence-corrected chi connectivity index (χ1v) is 7.11. The molecule has 0 bridgehead atoms. The Balaban J connectivity index is 1.86. The van der Waals surface area contributed by atoms with Crippen LogP contribution in [0, 0.1) is 5.92 Å². The SMILES string of the molecule is CC(C)CNCc1ccc(N2CCCOCC2)nn1. The van der Waals surface area contributed by atoms with E-state index in [1.54, 1.807) is 0 Å². The Morgan fingerprint density at radius 1 is 1.26 bits per heavy atom. The molecule has 0 unspecified atom stereocenters. The van der Waals surface area contributed by atoms with E-state index in [-0.39, 0.29) is 0 Å². The van der Waals surface area contributed by atoms with E-state index in [0.29, 0.717) is 5.92 Å². The maximum absolute atomic E-state index is 5.45. The molecule has 5 heteroatoms. The predicted octanol–water partition coefficient (Wildman–Crippen LogP) is 1.45. The molecule has 0 aliphatic carbocycles. The summed E-state index contributed by atoms with van der Waals surface area (Å²) in [4.78, 5) is 2.24. The Hall–Kier alpha value is -1.20. The first-order valence-electron chi connectivity index (χ1n) is 7.11. The summed E-state index contributed by atoms with van der Waals surface area (Å²) in [6, 6.07) is 4.12. The molecule has 1 aromatic rings. The van der Waals surface area contributed by atoms with Crippen molar-refractivity contribution in [1.29, 1.82) is 0 Å². The number of hydrogen-bond acceptors (Lipinski definition) is 5. The Morgan fingerprint density at radius 3 is 2.89 bits per heavy atom. The third-order valence-electron chi connectivity index (χ3n) is 3.11. The van der Waals surface area contributed by atoms with E-state index in [1.807, 2.05) is 0 Å². The van der Waals surface area contributed by atoms with Crippen LogP contribution in [0.3, 0.4) is 0 Å². The van der Waals surface area contributed by atoms with Crippen LogP contribution in [0.25, 0.3) is 0 Å². The maximum Gasteiger partial charge on any atom is 0.151 e. The van der Waals surface area contributed by atoms with Crippen LogP contribution in [-0.2, 0) is 11.3 Å². The molecule has 1 N–H and O–H groups in total. The van der Waals surface area contributed by atoms with E-state index in [9.17, 15) is 0 Å². The maximum atomic E-state index is 5.45. The number of ether oxygens (including phenoxy) is 1. The lowest BCUT2D eigenvalue weighted by atomic mass is 10.2. The van der Waals surface area contributed by atoms with Crippen molar-refractivity contribution in [2.75, 3.05) is 37.7 Å². The Kier molecular flexibility index (Phi) is 5.54. The molecule has 0 amide bonds. The molecule has 2 rings (SSSR count). The summed E-state index contributed by atoms with van der Waals surface area (Å²) in [7, 11) is 0. The summed E-state index contributed by atoms with van der Waals surface area (Å²) in [5.74, 6) is 1.61. The van der Waals surface area contributed by atoms with Gasteiger partial charge in [0, 0.05) is 26.2 Å². The summed E-state index contributed by atoms with van der Waals surface area (Å²) in [6.07, 6.45) is 1.05. The number of nitrogens with one attached hydrogen (secondary N) is 1. The van der Waals surface area contributed by atoms with E-state index < -0.39 is 0 Å². The number of aromatic nitrogens is 2. The van der Waals surface area contributed by atoms with Crippen LogP contribution in [0.5, 0.6) is 0 Å². The molecule has 19 heavy (non-hydrogen) atoms. The monoisotopic (exact) mass is 264 g/mol. The smallest absolute Gasteiger partial charge is 0.151 e. The normalized spacial score (nSPS) is 16.7. The highest BCUT2D eigenvalue weighted by Crippen LogP contribution is 2.11. The van der Waals surface area contributed by atoms with Crippen molar-refractivity contribution in [2.45, 2.75) is 26.8 Å². The van der Waals surface area contributed by atoms with Crippen molar-refractivity contribution in [1.82, 2.24) is 15.5 Å². The largest absolute Gasteiger partial charge is 0.380 e. The third-order valence-corrected chi connectivity index (χ3v) is 3.11. The highest BCUT2D eigenvalue weighted by Gasteiger charge is 2.11. The van der Waals surface area contributed by atoms with Gasteiger partial charge in [0.1, 0.15) is 0 Å². The zero-order chi connectivity index (χ0) is 13.5. The van der Waals surface area contributed by atoms with Gasteiger partial charge in [-0.1, -0.05) is 13.8 Å². The minimum Gasteiger partial charge on any atom is -0.380 e. The van der Waals surface area contributed by atoms with Crippen molar-refractivity contribution >= 4 is 5.82 Å². The van der Waals surface area contributed by atoms with E-state index >= 15 is 0 Å². The summed E-state index contributed by atoms with van der Waals surface area (Å²) < 4.78 is 5.45. The van der Waals surface area contributed by atoms with Crippen molar-refractivity contribution in [3.05, 3.63) is 17.8 Å². The van der Waals surface area contributed by atoms with Gasteiger partial charge in [-0.2, -0.15) is 5.10 Å². The van der Waals surface area contributed by atoms with E-state index in [1.165, 1.54) is 0 Å². The standard InChI is InChI=1S/C14H24N4O/c1-12(2)10-15-11-13-4-5-14(17-16-13)18-6-3-8-19-9-7-18/h4-5,12,15H,3,6-11H2,1-2H3. The number of anilines is 1. The Labute approximate surface area is 115 Å². The van der Waals surface area contributed by atoms with Gasteiger partial charge in [0.15, 0.2) is 5.82 Å². The second kappa shape index (κ2) is 7.40. The van der Waals surface area contributed by atoms with Gasteiger partial charge in [0.05, 0.1) is 12.3 Å². The average molecular weight is 264 g/mol. The van der Waals surface area contributed by atoms with Gasteiger partial charge < -0.3 is 15.0 Å². The molecule has 5 nitrogen and oxygen atoms in total. The molecule has 1 fully saturated rings. The van der Waals surface area contributed by atoms with Crippen LogP contribution in [-0.4, -0.2) is 43.0 Å². The highest BCUT2D eigenvalue weighted by atomic mass is 16.5. The lowest BCUT2D eigenvalue weighted by Gasteiger charge is -2.19.